The summed E-state index contributed by atoms with van der Waals surface area (Å²) in [4.78, 5) is 0. The fourth-order valence-electron chi connectivity index (χ4n) is 2.80. The Morgan fingerprint density at radius 2 is 1.85 bits per heavy atom. The van der Waals surface area contributed by atoms with Crippen LogP contribution in [-0.4, -0.2) is 14.8 Å². The Bertz CT molecular complexity index is 923. The minimum Gasteiger partial charge on any atom is -0.298 e. The van der Waals surface area contributed by atoms with Gasteiger partial charge in [0.2, 0.25) is 0 Å². The van der Waals surface area contributed by atoms with Gasteiger partial charge in [-0.3, -0.25) is 4.57 Å². The zero-order valence-corrected chi connectivity index (χ0v) is 16.8. The highest BCUT2D eigenvalue weighted by molar-refractivity contribution is 7.98. The number of halogens is 1. The molecule has 27 heavy (non-hydrogen) atoms. The van der Waals surface area contributed by atoms with E-state index in [0.29, 0.717) is 12.3 Å². The Balaban J connectivity index is 1.85. The van der Waals surface area contributed by atoms with Gasteiger partial charge in [-0.2, -0.15) is 0 Å². The maximum atomic E-state index is 13.4. The lowest BCUT2D eigenvalue weighted by atomic mass is 9.87. The number of aromatic nitrogens is 3. The average molecular weight is 382 g/mol. The molecule has 0 saturated heterocycles. The molecule has 0 aliphatic rings. The SMILES string of the molecule is C=CCn1c(SCc2cccc(F)c2)nnc1-c1ccc(C(C)(C)C)cc1. The molecule has 1 aromatic heterocycles. The number of thioether (sulfide) groups is 1. The normalized spacial score (nSPS) is 11.6. The van der Waals surface area contributed by atoms with Gasteiger partial charge >= 0.3 is 0 Å². The highest BCUT2D eigenvalue weighted by Gasteiger charge is 2.16. The first kappa shape index (κ1) is 19.4. The molecule has 0 atom stereocenters. The first-order valence-electron chi connectivity index (χ1n) is 8.91. The summed E-state index contributed by atoms with van der Waals surface area (Å²) in [7, 11) is 0. The average Bonchev–Trinajstić information content (AvgIpc) is 3.02. The van der Waals surface area contributed by atoms with Crippen LogP contribution in [0.2, 0.25) is 0 Å². The molecule has 0 radical (unpaired) electrons. The third kappa shape index (κ3) is 4.66. The van der Waals surface area contributed by atoms with Gasteiger partial charge in [-0.05, 0) is 28.7 Å². The molecular weight excluding hydrogens is 357 g/mol. The highest BCUT2D eigenvalue weighted by atomic mass is 32.2. The summed E-state index contributed by atoms with van der Waals surface area (Å²) in [6.45, 7) is 11.1. The summed E-state index contributed by atoms with van der Waals surface area (Å²) in [6, 6.07) is 15.1. The lowest BCUT2D eigenvalue weighted by Crippen LogP contribution is -2.10. The van der Waals surface area contributed by atoms with Crippen molar-refractivity contribution < 1.29 is 4.39 Å². The second-order valence-corrected chi connectivity index (χ2v) is 8.39. The first-order valence-corrected chi connectivity index (χ1v) is 9.89. The summed E-state index contributed by atoms with van der Waals surface area (Å²) in [5.41, 5.74) is 3.33. The number of allylic oxidation sites excluding steroid dienone is 1. The van der Waals surface area contributed by atoms with Gasteiger partial charge in [0.1, 0.15) is 5.82 Å². The monoisotopic (exact) mass is 381 g/mol. The van der Waals surface area contributed by atoms with Crippen LogP contribution in [0.3, 0.4) is 0 Å². The van der Waals surface area contributed by atoms with Crippen molar-refractivity contribution in [3.05, 3.63) is 78.1 Å². The van der Waals surface area contributed by atoms with Crippen molar-refractivity contribution in [3.8, 4) is 11.4 Å². The molecule has 0 aliphatic heterocycles. The van der Waals surface area contributed by atoms with Gasteiger partial charge in [-0.15, -0.1) is 16.8 Å². The van der Waals surface area contributed by atoms with E-state index >= 15 is 0 Å². The van der Waals surface area contributed by atoms with Crippen molar-refractivity contribution in [1.29, 1.82) is 0 Å². The molecule has 5 heteroatoms. The van der Waals surface area contributed by atoms with Gasteiger partial charge in [0.05, 0.1) is 0 Å². The van der Waals surface area contributed by atoms with E-state index in [-0.39, 0.29) is 11.2 Å². The molecule has 140 valence electrons. The summed E-state index contributed by atoms with van der Waals surface area (Å²) in [5.74, 6) is 1.23. The summed E-state index contributed by atoms with van der Waals surface area (Å²) in [5, 5.41) is 9.55. The zero-order valence-electron chi connectivity index (χ0n) is 15.9. The smallest absolute Gasteiger partial charge is 0.192 e. The van der Waals surface area contributed by atoms with E-state index < -0.39 is 0 Å². The maximum Gasteiger partial charge on any atom is 0.192 e. The number of hydrogen-bond acceptors (Lipinski definition) is 3. The second-order valence-electron chi connectivity index (χ2n) is 7.45. The standard InChI is InChI=1S/C22H24FN3S/c1-5-13-26-20(17-9-11-18(12-10-17)22(2,3)4)24-25-21(26)27-15-16-7-6-8-19(23)14-16/h5-12,14H,1,13,15H2,2-4H3. The van der Waals surface area contributed by atoms with Crippen molar-refractivity contribution in [2.45, 2.75) is 43.6 Å². The molecule has 3 rings (SSSR count). The van der Waals surface area contributed by atoms with Crippen molar-refractivity contribution in [3.63, 3.8) is 0 Å². The Kier molecular flexibility index (Phi) is 5.80. The van der Waals surface area contributed by atoms with Crippen LogP contribution < -0.4 is 0 Å². The van der Waals surface area contributed by atoms with Gasteiger partial charge in [-0.25, -0.2) is 4.39 Å². The van der Waals surface area contributed by atoms with Crippen molar-refractivity contribution in [2.75, 3.05) is 0 Å². The van der Waals surface area contributed by atoms with Crippen LogP contribution in [0.4, 0.5) is 4.39 Å². The lowest BCUT2D eigenvalue weighted by molar-refractivity contribution is 0.590. The van der Waals surface area contributed by atoms with Gasteiger partial charge in [0, 0.05) is 17.9 Å². The summed E-state index contributed by atoms with van der Waals surface area (Å²) in [6.07, 6.45) is 1.84. The van der Waals surface area contributed by atoms with E-state index in [0.717, 1.165) is 22.1 Å². The van der Waals surface area contributed by atoms with Gasteiger partial charge in [0.15, 0.2) is 11.0 Å². The molecule has 0 aliphatic carbocycles. The third-order valence-corrected chi connectivity index (χ3v) is 5.33. The summed E-state index contributed by atoms with van der Waals surface area (Å²) >= 11 is 1.55. The minimum absolute atomic E-state index is 0.110. The first-order chi connectivity index (χ1) is 12.9. The minimum atomic E-state index is -0.222. The Labute approximate surface area is 164 Å². The molecule has 0 fully saturated rings. The molecule has 0 N–H and O–H groups in total. The van der Waals surface area contributed by atoms with Crippen LogP contribution in [-0.2, 0) is 17.7 Å². The van der Waals surface area contributed by atoms with Crippen LogP contribution in [0.15, 0.2) is 66.3 Å². The molecule has 0 saturated carbocycles. The van der Waals surface area contributed by atoms with Gasteiger partial charge < -0.3 is 0 Å². The van der Waals surface area contributed by atoms with E-state index in [2.05, 4.69) is 61.8 Å². The largest absolute Gasteiger partial charge is 0.298 e. The number of hydrogen-bond donors (Lipinski definition) is 0. The van der Waals surface area contributed by atoms with Crippen molar-refractivity contribution in [1.82, 2.24) is 14.8 Å². The Morgan fingerprint density at radius 3 is 2.48 bits per heavy atom. The maximum absolute atomic E-state index is 13.4. The van der Waals surface area contributed by atoms with Crippen LogP contribution in [0.25, 0.3) is 11.4 Å². The van der Waals surface area contributed by atoms with Crippen LogP contribution in [0.1, 0.15) is 31.9 Å². The van der Waals surface area contributed by atoms with Crippen molar-refractivity contribution in [2.24, 2.45) is 0 Å². The van der Waals surface area contributed by atoms with E-state index in [1.807, 2.05) is 16.7 Å². The van der Waals surface area contributed by atoms with E-state index in [4.69, 9.17) is 0 Å². The molecule has 3 nitrogen and oxygen atoms in total. The quantitative estimate of drug-likeness (QED) is 0.396. The van der Waals surface area contributed by atoms with Crippen LogP contribution in [0, 0.1) is 5.82 Å². The Morgan fingerprint density at radius 1 is 1.11 bits per heavy atom. The predicted molar refractivity (Wildman–Crippen MR) is 110 cm³/mol. The molecule has 0 unspecified atom stereocenters. The van der Waals surface area contributed by atoms with Crippen LogP contribution in [0.5, 0.6) is 0 Å². The number of benzene rings is 2. The molecule has 0 amide bonds. The van der Waals surface area contributed by atoms with Crippen molar-refractivity contribution >= 4 is 11.8 Å². The zero-order chi connectivity index (χ0) is 19.4. The predicted octanol–water partition coefficient (Wildman–Crippen LogP) is 5.86. The fraction of sp³-hybridized carbons (Fsp3) is 0.273. The second kappa shape index (κ2) is 8.09. The third-order valence-electron chi connectivity index (χ3n) is 4.29. The van der Waals surface area contributed by atoms with E-state index in [1.165, 1.54) is 11.6 Å². The molecule has 0 bridgehead atoms. The number of rotatable bonds is 6. The highest BCUT2D eigenvalue weighted by Crippen LogP contribution is 2.29. The van der Waals surface area contributed by atoms with Gasteiger partial charge in [-0.1, -0.05) is 75.0 Å². The van der Waals surface area contributed by atoms with Gasteiger partial charge in [0.25, 0.3) is 0 Å². The van der Waals surface area contributed by atoms with Crippen LogP contribution >= 0.6 is 11.8 Å². The fourth-order valence-corrected chi connectivity index (χ4v) is 3.69. The number of nitrogens with zero attached hydrogens (tertiary/aromatic N) is 3. The van der Waals surface area contributed by atoms with E-state index in [9.17, 15) is 4.39 Å². The molecule has 1 heterocycles. The molecule has 0 spiro atoms. The topological polar surface area (TPSA) is 30.7 Å². The lowest BCUT2D eigenvalue weighted by Gasteiger charge is -2.19. The molecular formula is C22H24FN3S. The molecule has 3 aromatic rings. The summed E-state index contributed by atoms with van der Waals surface area (Å²) < 4.78 is 15.4. The van der Waals surface area contributed by atoms with E-state index in [1.54, 1.807) is 23.9 Å². The molecule has 2 aromatic carbocycles. The Hall–Kier alpha value is -2.40.